The lowest BCUT2D eigenvalue weighted by atomic mass is 9.97. The Balaban J connectivity index is 1.52. The summed E-state index contributed by atoms with van der Waals surface area (Å²) in [5.74, 6) is 0.427. The molecule has 1 fully saturated rings. The van der Waals surface area contributed by atoms with Crippen LogP contribution in [0.1, 0.15) is 50.1 Å². The minimum absolute atomic E-state index is 0.195. The summed E-state index contributed by atoms with van der Waals surface area (Å²) in [6, 6.07) is 8.13. The number of likely N-dealkylation sites (tertiary alicyclic amines) is 1. The van der Waals surface area contributed by atoms with Crippen LogP contribution in [0.5, 0.6) is 0 Å². The number of aromatic nitrogens is 1. The van der Waals surface area contributed by atoms with Gasteiger partial charge in [0.2, 0.25) is 11.8 Å². The third kappa shape index (κ3) is 3.40. The van der Waals surface area contributed by atoms with Gasteiger partial charge in [-0.25, -0.2) is 4.98 Å². The van der Waals surface area contributed by atoms with E-state index in [9.17, 15) is 9.59 Å². The Morgan fingerprint density at radius 1 is 1.25 bits per heavy atom. The summed E-state index contributed by atoms with van der Waals surface area (Å²) in [7, 11) is 0. The number of benzene rings is 1. The van der Waals surface area contributed by atoms with Crippen molar-refractivity contribution in [1.82, 2.24) is 9.88 Å². The van der Waals surface area contributed by atoms with E-state index >= 15 is 0 Å². The highest BCUT2D eigenvalue weighted by Crippen LogP contribution is 2.28. The number of hydrogen-bond donors (Lipinski definition) is 1. The van der Waals surface area contributed by atoms with E-state index in [1.807, 2.05) is 20.8 Å². The maximum Gasteiger partial charge on any atom is 0.290 e. The maximum atomic E-state index is 12.8. The molecule has 0 radical (unpaired) electrons. The Morgan fingerprint density at radius 3 is 2.79 bits per heavy atom. The summed E-state index contributed by atoms with van der Waals surface area (Å²) in [5, 5.41) is 2.91. The molecule has 146 valence electrons. The number of fused-ring (bicyclic) bond motifs is 1. The topological polar surface area (TPSA) is 88.6 Å². The lowest BCUT2D eigenvalue weighted by molar-refractivity contribution is -0.119. The van der Waals surface area contributed by atoms with Crippen molar-refractivity contribution in [3.63, 3.8) is 0 Å². The fourth-order valence-corrected chi connectivity index (χ4v) is 3.38. The monoisotopic (exact) mass is 381 g/mol. The molecule has 0 bridgehead atoms. The van der Waals surface area contributed by atoms with Crippen LogP contribution in [0, 0.1) is 0 Å². The smallest absolute Gasteiger partial charge is 0.290 e. The Bertz CT molecular complexity index is 1010. The second-order valence-corrected chi connectivity index (χ2v) is 8.07. The zero-order valence-electron chi connectivity index (χ0n) is 16.2. The molecule has 7 nitrogen and oxygen atoms in total. The molecule has 1 N–H and O–H groups in total. The van der Waals surface area contributed by atoms with Gasteiger partial charge in [-0.2, -0.15) is 0 Å². The predicted octanol–water partition coefficient (Wildman–Crippen LogP) is 3.96. The Hall–Kier alpha value is -3.09. The second kappa shape index (κ2) is 6.82. The van der Waals surface area contributed by atoms with Gasteiger partial charge in [-0.1, -0.05) is 20.8 Å². The van der Waals surface area contributed by atoms with Gasteiger partial charge in [0.15, 0.2) is 11.3 Å². The van der Waals surface area contributed by atoms with E-state index < -0.39 is 6.04 Å². The van der Waals surface area contributed by atoms with Crippen molar-refractivity contribution in [2.24, 2.45) is 0 Å². The molecule has 0 spiro atoms. The lowest BCUT2D eigenvalue weighted by Crippen LogP contribution is -2.43. The first-order valence-electron chi connectivity index (χ1n) is 9.39. The molecule has 7 heteroatoms. The van der Waals surface area contributed by atoms with Gasteiger partial charge in [-0.3, -0.25) is 9.59 Å². The number of furan rings is 1. The first kappa shape index (κ1) is 18.3. The van der Waals surface area contributed by atoms with E-state index in [4.69, 9.17) is 8.83 Å². The molecular formula is C21H23N3O4. The largest absolute Gasteiger partial charge is 0.459 e. The third-order valence-corrected chi connectivity index (χ3v) is 4.84. The van der Waals surface area contributed by atoms with Crippen LogP contribution in [0.15, 0.2) is 45.4 Å². The van der Waals surface area contributed by atoms with E-state index in [-0.39, 0.29) is 23.0 Å². The van der Waals surface area contributed by atoms with E-state index in [0.29, 0.717) is 35.6 Å². The third-order valence-electron chi connectivity index (χ3n) is 4.84. The molecule has 3 aromatic rings. The van der Waals surface area contributed by atoms with Gasteiger partial charge in [0.05, 0.1) is 6.26 Å². The molecule has 3 heterocycles. The number of hydrogen-bond acceptors (Lipinski definition) is 5. The van der Waals surface area contributed by atoms with Crippen molar-refractivity contribution in [1.29, 1.82) is 0 Å². The van der Waals surface area contributed by atoms with Gasteiger partial charge in [-0.15, -0.1) is 0 Å². The normalized spacial score (nSPS) is 17.2. The zero-order chi connectivity index (χ0) is 19.9. The minimum Gasteiger partial charge on any atom is -0.459 e. The van der Waals surface area contributed by atoms with Crippen LogP contribution in [0.25, 0.3) is 11.1 Å². The second-order valence-electron chi connectivity index (χ2n) is 8.07. The van der Waals surface area contributed by atoms with Gasteiger partial charge in [-0.05, 0) is 43.2 Å². The number of amides is 2. The van der Waals surface area contributed by atoms with Crippen LogP contribution < -0.4 is 5.32 Å². The first-order valence-corrected chi connectivity index (χ1v) is 9.39. The van der Waals surface area contributed by atoms with Crippen molar-refractivity contribution < 1.29 is 18.4 Å². The highest BCUT2D eigenvalue weighted by atomic mass is 16.4. The molecule has 0 saturated carbocycles. The predicted molar refractivity (Wildman–Crippen MR) is 104 cm³/mol. The molecule has 1 aliphatic rings. The maximum absolute atomic E-state index is 12.8. The average molecular weight is 381 g/mol. The standard InChI is InChI=1S/C21H23N3O4/c1-21(2,3)20-23-14-12-13(8-9-16(14)28-20)22-18(25)15-6-4-10-24(15)19(26)17-7-5-11-27-17/h5,7-9,11-12,15H,4,6,10H2,1-3H3,(H,22,25)/t15-/m1/s1. The van der Waals surface area contributed by atoms with Gasteiger partial charge >= 0.3 is 0 Å². The summed E-state index contributed by atoms with van der Waals surface area (Å²) in [6.45, 7) is 6.64. The Morgan fingerprint density at radius 2 is 2.07 bits per heavy atom. The number of oxazole rings is 1. The molecule has 1 atom stereocenters. The van der Waals surface area contributed by atoms with E-state index in [1.54, 1.807) is 35.2 Å². The SMILES string of the molecule is CC(C)(C)c1nc2cc(NC(=O)[C@H]3CCCN3C(=O)c3ccco3)ccc2o1. The van der Waals surface area contributed by atoms with E-state index in [1.165, 1.54) is 6.26 Å². The quantitative estimate of drug-likeness (QED) is 0.742. The van der Waals surface area contributed by atoms with Gasteiger partial charge in [0.1, 0.15) is 11.6 Å². The van der Waals surface area contributed by atoms with E-state index in [0.717, 1.165) is 6.42 Å². The van der Waals surface area contributed by atoms with Crippen LogP contribution in [-0.2, 0) is 10.2 Å². The molecule has 0 unspecified atom stereocenters. The average Bonchev–Trinajstić information content (AvgIpc) is 3.38. The number of rotatable bonds is 3. The van der Waals surface area contributed by atoms with Crippen molar-refractivity contribution in [3.8, 4) is 0 Å². The van der Waals surface area contributed by atoms with Crippen LogP contribution >= 0.6 is 0 Å². The highest BCUT2D eigenvalue weighted by molar-refractivity contribution is 6.01. The molecule has 28 heavy (non-hydrogen) atoms. The van der Waals surface area contributed by atoms with Gasteiger partial charge in [0.25, 0.3) is 5.91 Å². The summed E-state index contributed by atoms with van der Waals surface area (Å²) in [6.07, 6.45) is 2.86. The Kier molecular flexibility index (Phi) is 4.45. The fourth-order valence-electron chi connectivity index (χ4n) is 3.38. The molecule has 1 aromatic carbocycles. The minimum atomic E-state index is -0.518. The molecule has 0 aliphatic carbocycles. The summed E-state index contributed by atoms with van der Waals surface area (Å²) >= 11 is 0. The summed E-state index contributed by atoms with van der Waals surface area (Å²) in [4.78, 5) is 31.5. The molecular weight excluding hydrogens is 358 g/mol. The van der Waals surface area contributed by atoms with Crippen LogP contribution in [0.2, 0.25) is 0 Å². The van der Waals surface area contributed by atoms with Crippen LogP contribution in [-0.4, -0.2) is 34.3 Å². The van der Waals surface area contributed by atoms with Crippen molar-refractivity contribution in [3.05, 3.63) is 48.2 Å². The number of anilines is 1. The molecule has 2 aromatic heterocycles. The number of carbonyl (C=O) groups excluding carboxylic acids is 2. The fraction of sp³-hybridized carbons (Fsp3) is 0.381. The highest BCUT2D eigenvalue weighted by Gasteiger charge is 2.35. The summed E-state index contributed by atoms with van der Waals surface area (Å²) in [5.41, 5.74) is 1.80. The summed E-state index contributed by atoms with van der Waals surface area (Å²) < 4.78 is 11.0. The van der Waals surface area contributed by atoms with E-state index in [2.05, 4.69) is 10.3 Å². The molecule has 4 rings (SSSR count). The van der Waals surface area contributed by atoms with Crippen molar-refractivity contribution in [2.75, 3.05) is 11.9 Å². The zero-order valence-corrected chi connectivity index (χ0v) is 16.2. The number of carbonyl (C=O) groups is 2. The van der Waals surface area contributed by atoms with Crippen molar-refractivity contribution in [2.45, 2.75) is 45.1 Å². The molecule has 1 aliphatic heterocycles. The van der Waals surface area contributed by atoms with Crippen LogP contribution in [0.4, 0.5) is 5.69 Å². The van der Waals surface area contributed by atoms with Crippen molar-refractivity contribution >= 4 is 28.6 Å². The molecule has 1 saturated heterocycles. The lowest BCUT2D eigenvalue weighted by Gasteiger charge is -2.23. The molecule has 2 amide bonds. The first-order chi connectivity index (χ1) is 13.3. The van der Waals surface area contributed by atoms with Gasteiger partial charge < -0.3 is 19.1 Å². The number of nitrogens with one attached hydrogen (secondary N) is 1. The van der Waals surface area contributed by atoms with Crippen LogP contribution in [0.3, 0.4) is 0 Å². The Labute approximate surface area is 162 Å². The number of nitrogens with zero attached hydrogens (tertiary/aromatic N) is 2. The van der Waals surface area contributed by atoms with Gasteiger partial charge in [0, 0.05) is 17.6 Å².